The van der Waals surface area contributed by atoms with E-state index >= 15 is 0 Å². The average Bonchev–Trinajstić information content (AvgIpc) is 2.98. The molecule has 1 heterocycles. The zero-order valence-corrected chi connectivity index (χ0v) is 11.8. The first-order chi connectivity index (χ1) is 9.66. The maximum absolute atomic E-state index is 11.7. The van der Waals surface area contributed by atoms with Gasteiger partial charge in [-0.25, -0.2) is 4.79 Å². The highest BCUT2D eigenvalue weighted by Crippen LogP contribution is 2.16. The van der Waals surface area contributed by atoms with E-state index in [1.165, 1.54) is 6.08 Å². The number of ether oxygens (including phenoxy) is 1. The van der Waals surface area contributed by atoms with Crippen molar-refractivity contribution in [3.63, 3.8) is 0 Å². The van der Waals surface area contributed by atoms with Crippen molar-refractivity contribution in [2.24, 2.45) is 0 Å². The van der Waals surface area contributed by atoms with Crippen molar-refractivity contribution < 1.29 is 14.3 Å². The lowest BCUT2D eigenvalue weighted by Gasteiger charge is -2.14. The highest BCUT2D eigenvalue weighted by Gasteiger charge is 2.18. The summed E-state index contributed by atoms with van der Waals surface area (Å²) in [4.78, 5) is 24.9. The topological polar surface area (TPSA) is 46.6 Å². The van der Waals surface area contributed by atoms with E-state index in [1.807, 2.05) is 12.1 Å². The van der Waals surface area contributed by atoms with Crippen LogP contribution in [0.15, 0.2) is 30.3 Å². The van der Waals surface area contributed by atoms with Crippen molar-refractivity contribution in [3.05, 3.63) is 40.9 Å². The maximum Gasteiger partial charge on any atom is 0.331 e. The molecule has 0 unspecified atom stereocenters. The number of carbonyl (C=O) groups is 2. The summed E-state index contributed by atoms with van der Waals surface area (Å²) in [7, 11) is 0. The van der Waals surface area contributed by atoms with Gasteiger partial charge in [0.2, 0.25) is 0 Å². The molecule has 1 aromatic rings. The Balaban J connectivity index is 1.80. The number of rotatable bonds is 4. The Morgan fingerprint density at radius 2 is 1.95 bits per heavy atom. The minimum Gasteiger partial charge on any atom is -0.452 e. The third-order valence-corrected chi connectivity index (χ3v) is 3.45. The van der Waals surface area contributed by atoms with Crippen LogP contribution in [-0.4, -0.2) is 36.5 Å². The zero-order chi connectivity index (χ0) is 14.4. The Morgan fingerprint density at radius 3 is 2.65 bits per heavy atom. The second-order valence-corrected chi connectivity index (χ2v) is 4.96. The van der Waals surface area contributed by atoms with Crippen molar-refractivity contribution in [1.82, 2.24) is 4.90 Å². The molecule has 0 aromatic heterocycles. The number of carbonyl (C=O) groups excluding carboxylic acids is 2. The van der Waals surface area contributed by atoms with Gasteiger partial charge >= 0.3 is 5.97 Å². The van der Waals surface area contributed by atoms with Crippen LogP contribution in [0.1, 0.15) is 18.4 Å². The number of amides is 1. The van der Waals surface area contributed by atoms with Crippen LogP contribution in [-0.2, 0) is 14.3 Å². The Hall–Kier alpha value is -1.81. The molecule has 1 aromatic carbocycles. The predicted octanol–water partition coefficient (Wildman–Crippen LogP) is 2.52. The fraction of sp³-hybridized carbons (Fsp3) is 0.333. The molecule has 1 aliphatic heterocycles. The summed E-state index contributed by atoms with van der Waals surface area (Å²) in [6, 6.07) is 7.17. The molecule has 5 heteroatoms. The highest BCUT2D eigenvalue weighted by atomic mass is 35.5. The van der Waals surface area contributed by atoms with Gasteiger partial charge in [-0.15, -0.1) is 0 Å². The first-order valence-corrected chi connectivity index (χ1v) is 6.92. The molecular formula is C15H16ClNO3. The molecule has 4 nitrogen and oxygen atoms in total. The molecule has 0 radical (unpaired) electrons. The molecule has 2 rings (SSSR count). The number of nitrogens with zero attached hydrogens (tertiary/aromatic N) is 1. The fourth-order valence-electron chi connectivity index (χ4n) is 2.01. The summed E-state index contributed by atoms with van der Waals surface area (Å²) in [5.41, 5.74) is 0.733. The molecule has 0 spiro atoms. The Bertz CT molecular complexity index is 522. The second kappa shape index (κ2) is 7.10. The van der Waals surface area contributed by atoms with Crippen LogP contribution in [0.5, 0.6) is 0 Å². The lowest BCUT2D eigenvalue weighted by molar-refractivity contribution is -0.147. The van der Waals surface area contributed by atoms with Gasteiger partial charge < -0.3 is 9.64 Å². The minimum absolute atomic E-state index is 0.137. The van der Waals surface area contributed by atoms with Crippen molar-refractivity contribution in [2.45, 2.75) is 12.8 Å². The van der Waals surface area contributed by atoms with Crippen LogP contribution in [0.25, 0.3) is 6.08 Å². The Kier molecular flexibility index (Phi) is 5.18. The maximum atomic E-state index is 11.7. The molecule has 20 heavy (non-hydrogen) atoms. The standard InChI is InChI=1S/C15H16ClNO3/c16-13-6-2-1-5-12(13)7-8-15(19)20-11-14(18)17-9-3-4-10-17/h1-2,5-8H,3-4,9-11H2. The molecular weight excluding hydrogens is 278 g/mol. The van der Waals surface area contributed by atoms with E-state index in [9.17, 15) is 9.59 Å². The van der Waals surface area contributed by atoms with Crippen LogP contribution in [0.2, 0.25) is 5.02 Å². The summed E-state index contributed by atoms with van der Waals surface area (Å²) >= 11 is 5.96. The largest absolute Gasteiger partial charge is 0.452 e. The van der Waals surface area contributed by atoms with Crippen LogP contribution in [0.4, 0.5) is 0 Å². The highest BCUT2D eigenvalue weighted by molar-refractivity contribution is 6.32. The van der Waals surface area contributed by atoms with Crippen molar-refractivity contribution >= 4 is 29.6 Å². The second-order valence-electron chi connectivity index (χ2n) is 4.55. The van der Waals surface area contributed by atoms with E-state index in [4.69, 9.17) is 16.3 Å². The van der Waals surface area contributed by atoms with Crippen LogP contribution in [0, 0.1) is 0 Å². The average molecular weight is 294 g/mol. The van der Waals surface area contributed by atoms with Gasteiger partial charge in [0.05, 0.1) is 0 Å². The third-order valence-electron chi connectivity index (χ3n) is 3.10. The summed E-state index contributed by atoms with van der Waals surface area (Å²) in [5.74, 6) is -0.681. The van der Waals surface area contributed by atoms with Gasteiger partial charge in [0.15, 0.2) is 6.61 Å². The number of hydrogen-bond acceptors (Lipinski definition) is 3. The molecule has 0 bridgehead atoms. The number of esters is 1. The molecule has 0 aliphatic carbocycles. The van der Waals surface area contributed by atoms with Crippen LogP contribution < -0.4 is 0 Å². The van der Waals surface area contributed by atoms with E-state index in [2.05, 4.69) is 0 Å². The predicted molar refractivity (Wildman–Crippen MR) is 77.3 cm³/mol. The monoisotopic (exact) mass is 293 g/mol. The van der Waals surface area contributed by atoms with Gasteiger partial charge in [-0.3, -0.25) is 4.79 Å². The normalized spacial score (nSPS) is 14.8. The van der Waals surface area contributed by atoms with Gasteiger partial charge in [-0.2, -0.15) is 0 Å². The van der Waals surface area contributed by atoms with Gasteiger partial charge in [0.25, 0.3) is 5.91 Å². The molecule has 106 valence electrons. The van der Waals surface area contributed by atoms with E-state index < -0.39 is 5.97 Å². The quantitative estimate of drug-likeness (QED) is 0.633. The number of likely N-dealkylation sites (tertiary alicyclic amines) is 1. The Labute approximate surface area is 123 Å². The molecule has 1 saturated heterocycles. The molecule has 1 aliphatic rings. The molecule has 0 N–H and O–H groups in total. The van der Waals surface area contributed by atoms with E-state index in [0.717, 1.165) is 31.5 Å². The fourth-order valence-corrected chi connectivity index (χ4v) is 2.21. The number of hydrogen-bond donors (Lipinski definition) is 0. The van der Waals surface area contributed by atoms with E-state index in [1.54, 1.807) is 23.1 Å². The smallest absolute Gasteiger partial charge is 0.331 e. The summed E-state index contributed by atoms with van der Waals surface area (Å²) in [5, 5.41) is 0.560. The Morgan fingerprint density at radius 1 is 1.25 bits per heavy atom. The minimum atomic E-state index is -0.544. The van der Waals surface area contributed by atoms with Gasteiger partial charge in [0, 0.05) is 24.2 Å². The van der Waals surface area contributed by atoms with Gasteiger partial charge in [-0.05, 0) is 30.5 Å². The SMILES string of the molecule is O=C(C=Cc1ccccc1Cl)OCC(=O)N1CCCC1. The number of benzene rings is 1. The lowest BCUT2D eigenvalue weighted by Crippen LogP contribution is -2.31. The molecule has 1 fully saturated rings. The third kappa shape index (κ3) is 4.10. The molecule has 1 amide bonds. The lowest BCUT2D eigenvalue weighted by atomic mass is 10.2. The van der Waals surface area contributed by atoms with Gasteiger partial charge in [0.1, 0.15) is 0 Å². The molecule has 0 saturated carbocycles. The van der Waals surface area contributed by atoms with Crippen molar-refractivity contribution in [1.29, 1.82) is 0 Å². The molecule has 0 atom stereocenters. The van der Waals surface area contributed by atoms with Crippen LogP contribution in [0.3, 0.4) is 0 Å². The van der Waals surface area contributed by atoms with Crippen molar-refractivity contribution in [3.8, 4) is 0 Å². The van der Waals surface area contributed by atoms with E-state index in [0.29, 0.717) is 5.02 Å². The van der Waals surface area contributed by atoms with Crippen LogP contribution >= 0.6 is 11.6 Å². The first kappa shape index (κ1) is 14.6. The number of halogens is 1. The van der Waals surface area contributed by atoms with Gasteiger partial charge in [-0.1, -0.05) is 29.8 Å². The van der Waals surface area contributed by atoms with Crippen molar-refractivity contribution in [2.75, 3.05) is 19.7 Å². The summed E-state index contributed by atoms with van der Waals surface area (Å²) < 4.78 is 4.92. The van der Waals surface area contributed by atoms with E-state index in [-0.39, 0.29) is 12.5 Å². The summed E-state index contributed by atoms with van der Waals surface area (Å²) in [6.45, 7) is 1.31. The summed E-state index contributed by atoms with van der Waals surface area (Å²) in [6.07, 6.45) is 4.89. The first-order valence-electron chi connectivity index (χ1n) is 6.54. The zero-order valence-electron chi connectivity index (χ0n) is 11.0.